The van der Waals surface area contributed by atoms with Gasteiger partial charge in [0.15, 0.2) is 11.5 Å². The molecule has 0 aliphatic heterocycles. The fourth-order valence-electron chi connectivity index (χ4n) is 2.34. The van der Waals surface area contributed by atoms with E-state index >= 15 is 0 Å². The number of nitrogens with one attached hydrogen (secondary N) is 1. The summed E-state index contributed by atoms with van der Waals surface area (Å²) in [4.78, 5) is 12.0. The fourth-order valence-corrected chi connectivity index (χ4v) is 2.92. The summed E-state index contributed by atoms with van der Waals surface area (Å²) in [5, 5.41) is 8.25. The average molecular weight is 423 g/mol. The van der Waals surface area contributed by atoms with Gasteiger partial charge in [-0.25, -0.2) is 5.43 Å². The highest BCUT2D eigenvalue weighted by molar-refractivity contribution is 9.10. The first-order valence-corrected chi connectivity index (χ1v) is 9.07. The predicted octanol–water partition coefficient (Wildman–Crippen LogP) is 3.21. The van der Waals surface area contributed by atoms with Gasteiger partial charge in [0.1, 0.15) is 6.54 Å². The van der Waals surface area contributed by atoms with Crippen LogP contribution in [0.5, 0.6) is 11.5 Å². The number of amides is 1. The minimum absolute atomic E-state index is 0.119. The number of aryl methyl sites for hydroxylation is 2. The highest BCUT2D eigenvalue weighted by Gasteiger charge is 2.11. The van der Waals surface area contributed by atoms with E-state index in [1.807, 2.05) is 32.9 Å². The van der Waals surface area contributed by atoms with Gasteiger partial charge >= 0.3 is 0 Å². The normalized spacial score (nSPS) is 11.0. The minimum atomic E-state index is -0.249. The third kappa shape index (κ3) is 5.32. The molecule has 1 aromatic heterocycles. The van der Waals surface area contributed by atoms with Gasteiger partial charge in [0, 0.05) is 5.69 Å². The van der Waals surface area contributed by atoms with Crippen LogP contribution in [0, 0.1) is 13.8 Å². The number of halogens is 1. The van der Waals surface area contributed by atoms with E-state index in [2.05, 4.69) is 31.6 Å². The Morgan fingerprint density at radius 3 is 2.77 bits per heavy atom. The predicted molar refractivity (Wildman–Crippen MR) is 104 cm³/mol. The summed E-state index contributed by atoms with van der Waals surface area (Å²) in [7, 11) is 1.58. The summed E-state index contributed by atoms with van der Waals surface area (Å²) in [5.41, 5.74) is 5.08. The highest BCUT2D eigenvalue weighted by Crippen LogP contribution is 2.36. The topological polar surface area (TPSA) is 77.7 Å². The van der Waals surface area contributed by atoms with E-state index in [-0.39, 0.29) is 12.5 Å². The number of benzene rings is 1. The molecule has 2 aromatic rings. The molecule has 2 rings (SSSR count). The van der Waals surface area contributed by atoms with Crippen molar-refractivity contribution in [2.24, 2.45) is 5.10 Å². The molecule has 7 nitrogen and oxygen atoms in total. The molecule has 0 radical (unpaired) electrons. The number of hydrogen-bond donors (Lipinski definition) is 1. The maximum absolute atomic E-state index is 12.0. The molecule has 0 fully saturated rings. The number of hydrazone groups is 1. The standard InChI is InChI=1S/C18H23BrN4O3/c1-5-6-26-18-15(19)8-14(9-16(18)25-4)10-20-21-17(24)11-23-13(3)7-12(2)22-23/h7-10H,5-6,11H2,1-4H3,(H,21,24)/b20-10+. The van der Waals surface area contributed by atoms with Gasteiger partial charge in [-0.05, 0) is 60.0 Å². The molecule has 0 saturated carbocycles. The van der Waals surface area contributed by atoms with Crippen molar-refractivity contribution in [1.29, 1.82) is 0 Å². The molecule has 8 heteroatoms. The number of rotatable bonds is 8. The molecule has 1 aromatic carbocycles. The van der Waals surface area contributed by atoms with E-state index in [0.717, 1.165) is 27.8 Å². The van der Waals surface area contributed by atoms with E-state index in [1.54, 1.807) is 24.1 Å². The van der Waals surface area contributed by atoms with E-state index in [0.29, 0.717) is 18.1 Å². The lowest BCUT2D eigenvalue weighted by atomic mass is 10.2. The molecule has 1 amide bonds. The number of hydrogen-bond acceptors (Lipinski definition) is 5. The lowest BCUT2D eigenvalue weighted by Crippen LogP contribution is -2.24. The molecule has 0 unspecified atom stereocenters. The lowest BCUT2D eigenvalue weighted by Gasteiger charge is -2.12. The molecular weight excluding hydrogens is 400 g/mol. The Bertz CT molecular complexity index is 802. The monoisotopic (exact) mass is 422 g/mol. The Morgan fingerprint density at radius 2 is 2.15 bits per heavy atom. The summed E-state index contributed by atoms with van der Waals surface area (Å²) in [6.45, 7) is 6.55. The van der Waals surface area contributed by atoms with Gasteiger partial charge in [0.2, 0.25) is 0 Å². The van der Waals surface area contributed by atoms with Crippen molar-refractivity contribution >= 4 is 28.1 Å². The van der Waals surface area contributed by atoms with Crippen LogP contribution in [0.4, 0.5) is 0 Å². The van der Waals surface area contributed by atoms with Crippen LogP contribution in [-0.4, -0.2) is 35.6 Å². The number of aromatic nitrogens is 2. The number of methoxy groups -OCH3 is 1. The Labute approximate surface area is 161 Å². The maximum atomic E-state index is 12.0. The van der Waals surface area contributed by atoms with Crippen molar-refractivity contribution in [2.75, 3.05) is 13.7 Å². The van der Waals surface area contributed by atoms with Crippen molar-refractivity contribution in [2.45, 2.75) is 33.7 Å². The van der Waals surface area contributed by atoms with Gasteiger partial charge in [-0.2, -0.15) is 10.2 Å². The van der Waals surface area contributed by atoms with E-state index in [4.69, 9.17) is 9.47 Å². The van der Waals surface area contributed by atoms with Gasteiger partial charge < -0.3 is 9.47 Å². The summed E-state index contributed by atoms with van der Waals surface area (Å²) < 4.78 is 13.5. The highest BCUT2D eigenvalue weighted by atomic mass is 79.9. The zero-order valence-electron chi connectivity index (χ0n) is 15.4. The van der Waals surface area contributed by atoms with Gasteiger partial charge in [-0.3, -0.25) is 9.48 Å². The summed E-state index contributed by atoms with van der Waals surface area (Å²) >= 11 is 3.48. The van der Waals surface area contributed by atoms with Gasteiger partial charge in [-0.1, -0.05) is 6.92 Å². The van der Waals surface area contributed by atoms with Crippen LogP contribution < -0.4 is 14.9 Å². The molecular formula is C18H23BrN4O3. The van der Waals surface area contributed by atoms with Gasteiger partial charge in [0.05, 0.1) is 30.1 Å². The molecule has 0 saturated heterocycles. The first kappa shape index (κ1) is 20.0. The zero-order chi connectivity index (χ0) is 19.1. The van der Waals surface area contributed by atoms with Crippen molar-refractivity contribution in [3.8, 4) is 11.5 Å². The van der Waals surface area contributed by atoms with E-state index in [9.17, 15) is 4.79 Å². The Kier molecular flexibility index (Phi) is 7.20. The molecule has 26 heavy (non-hydrogen) atoms. The number of nitrogens with zero attached hydrogens (tertiary/aromatic N) is 3. The number of ether oxygens (including phenoxy) is 2. The SMILES string of the molecule is CCCOc1c(Br)cc(/C=N/NC(=O)Cn2nc(C)cc2C)cc1OC. The molecule has 1 heterocycles. The van der Waals surface area contributed by atoms with Crippen LogP contribution in [0.2, 0.25) is 0 Å². The third-order valence-corrected chi connectivity index (χ3v) is 4.09. The van der Waals surface area contributed by atoms with Crippen LogP contribution >= 0.6 is 15.9 Å². The van der Waals surface area contributed by atoms with Crippen molar-refractivity contribution in [3.05, 3.63) is 39.6 Å². The molecule has 1 N–H and O–H groups in total. The smallest absolute Gasteiger partial charge is 0.261 e. The lowest BCUT2D eigenvalue weighted by molar-refractivity contribution is -0.121. The molecule has 140 valence electrons. The second-order valence-electron chi connectivity index (χ2n) is 5.76. The average Bonchev–Trinajstić information content (AvgIpc) is 2.90. The number of carbonyl (C=O) groups is 1. The second-order valence-corrected chi connectivity index (χ2v) is 6.61. The van der Waals surface area contributed by atoms with E-state index in [1.165, 1.54) is 0 Å². The minimum Gasteiger partial charge on any atom is -0.493 e. The fraction of sp³-hybridized carbons (Fsp3) is 0.389. The van der Waals surface area contributed by atoms with Crippen LogP contribution in [0.15, 0.2) is 27.8 Å². The van der Waals surface area contributed by atoms with Gasteiger partial charge in [0.25, 0.3) is 5.91 Å². The Hall–Kier alpha value is -2.35. The van der Waals surface area contributed by atoms with Crippen molar-refractivity contribution in [1.82, 2.24) is 15.2 Å². The quantitative estimate of drug-likeness (QED) is 0.523. The first-order valence-electron chi connectivity index (χ1n) is 8.27. The van der Waals surface area contributed by atoms with Crippen LogP contribution in [0.25, 0.3) is 0 Å². The van der Waals surface area contributed by atoms with E-state index < -0.39 is 0 Å². The first-order chi connectivity index (χ1) is 12.4. The summed E-state index contributed by atoms with van der Waals surface area (Å²) in [6.07, 6.45) is 2.45. The molecule has 0 aliphatic rings. The summed E-state index contributed by atoms with van der Waals surface area (Å²) in [5.74, 6) is 1.00. The Morgan fingerprint density at radius 1 is 1.38 bits per heavy atom. The van der Waals surface area contributed by atoms with Crippen LogP contribution in [-0.2, 0) is 11.3 Å². The van der Waals surface area contributed by atoms with Crippen molar-refractivity contribution < 1.29 is 14.3 Å². The van der Waals surface area contributed by atoms with Crippen molar-refractivity contribution in [3.63, 3.8) is 0 Å². The molecule has 0 bridgehead atoms. The van der Waals surface area contributed by atoms with Crippen LogP contribution in [0.1, 0.15) is 30.3 Å². The van der Waals surface area contributed by atoms with Gasteiger partial charge in [-0.15, -0.1) is 0 Å². The third-order valence-electron chi connectivity index (χ3n) is 3.50. The van der Waals surface area contributed by atoms with Crippen LogP contribution in [0.3, 0.4) is 0 Å². The molecule has 0 spiro atoms. The molecule has 0 aliphatic carbocycles. The largest absolute Gasteiger partial charge is 0.493 e. The maximum Gasteiger partial charge on any atom is 0.261 e. The number of carbonyl (C=O) groups excluding carboxylic acids is 1. The summed E-state index contributed by atoms with van der Waals surface area (Å²) in [6, 6.07) is 5.57. The molecule has 0 atom stereocenters. The Balaban J connectivity index is 2.02. The zero-order valence-corrected chi connectivity index (χ0v) is 17.0. The second kappa shape index (κ2) is 9.38.